The maximum atomic E-state index is 3.63. The Kier molecular flexibility index (Phi) is 4.16. The molecule has 0 aliphatic heterocycles. The molecule has 1 N–H and O–H groups in total. The summed E-state index contributed by atoms with van der Waals surface area (Å²) in [4.78, 5) is 1.42. The van der Waals surface area contributed by atoms with Crippen LogP contribution >= 0.6 is 22.7 Å². The van der Waals surface area contributed by atoms with Gasteiger partial charge < -0.3 is 5.32 Å². The quantitative estimate of drug-likeness (QED) is 0.839. The summed E-state index contributed by atoms with van der Waals surface area (Å²) in [5.41, 5.74) is 2.82. The van der Waals surface area contributed by atoms with E-state index in [0.29, 0.717) is 6.04 Å². The third kappa shape index (κ3) is 2.54. The van der Waals surface area contributed by atoms with Crippen molar-refractivity contribution in [3.63, 3.8) is 0 Å². The van der Waals surface area contributed by atoms with Crippen molar-refractivity contribution in [1.29, 1.82) is 0 Å². The highest BCUT2D eigenvalue weighted by molar-refractivity contribution is 7.10. The summed E-state index contributed by atoms with van der Waals surface area (Å²) in [5.74, 6) is 0. The zero-order chi connectivity index (χ0) is 11.4. The van der Waals surface area contributed by atoms with E-state index in [0.717, 1.165) is 6.54 Å². The molecule has 0 saturated heterocycles. The summed E-state index contributed by atoms with van der Waals surface area (Å²) >= 11 is 3.59. The minimum absolute atomic E-state index is 0.373. The standard InChI is InChI=1S/C13H17NS2/c1-3-6-14-13(11-4-7-15-9-11)12-5-8-16-10(12)2/h4-5,7-9,13-14H,3,6H2,1-2H3. The fourth-order valence-electron chi connectivity index (χ4n) is 1.83. The first-order valence-corrected chi connectivity index (χ1v) is 7.44. The van der Waals surface area contributed by atoms with Gasteiger partial charge in [0.05, 0.1) is 6.04 Å². The first-order valence-electron chi connectivity index (χ1n) is 5.62. The molecule has 1 unspecified atom stereocenters. The van der Waals surface area contributed by atoms with E-state index in [-0.39, 0.29) is 0 Å². The molecular formula is C13H17NS2. The normalized spacial score (nSPS) is 12.9. The summed E-state index contributed by atoms with van der Waals surface area (Å²) in [6.07, 6.45) is 1.17. The van der Waals surface area contributed by atoms with Crippen molar-refractivity contribution in [2.75, 3.05) is 6.54 Å². The van der Waals surface area contributed by atoms with E-state index in [2.05, 4.69) is 47.4 Å². The molecule has 2 aromatic rings. The van der Waals surface area contributed by atoms with Crippen LogP contribution in [0.15, 0.2) is 28.3 Å². The van der Waals surface area contributed by atoms with E-state index in [4.69, 9.17) is 0 Å². The monoisotopic (exact) mass is 251 g/mol. The average molecular weight is 251 g/mol. The third-order valence-electron chi connectivity index (χ3n) is 2.68. The summed E-state index contributed by atoms with van der Waals surface area (Å²) in [6, 6.07) is 4.83. The van der Waals surface area contributed by atoms with Gasteiger partial charge in [0.15, 0.2) is 0 Å². The molecule has 0 radical (unpaired) electrons. The second-order valence-corrected chi connectivity index (χ2v) is 5.78. The molecule has 1 nitrogen and oxygen atoms in total. The average Bonchev–Trinajstić information content (AvgIpc) is 2.91. The fraction of sp³-hybridized carbons (Fsp3) is 0.385. The number of nitrogens with one attached hydrogen (secondary N) is 1. The second kappa shape index (κ2) is 5.62. The molecule has 0 aromatic carbocycles. The molecule has 16 heavy (non-hydrogen) atoms. The second-order valence-electron chi connectivity index (χ2n) is 3.88. The van der Waals surface area contributed by atoms with Crippen molar-refractivity contribution in [3.05, 3.63) is 44.3 Å². The molecule has 0 amide bonds. The predicted molar refractivity (Wildman–Crippen MR) is 73.5 cm³/mol. The molecular weight excluding hydrogens is 234 g/mol. The van der Waals surface area contributed by atoms with Gasteiger partial charge in [-0.3, -0.25) is 0 Å². The van der Waals surface area contributed by atoms with E-state index in [9.17, 15) is 0 Å². The van der Waals surface area contributed by atoms with Crippen molar-refractivity contribution < 1.29 is 0 Å². The van der Waals surface area contributed by atoms with Gasteiger partial charge in [-0.25, -0.2) is 0 Å². The summed E-state index contributed by atoms with van der Waals surface area (Å²) in [5, 5.41) is 10.2. The zero-order valence-corrected chi connectivity index (χ0v) is 11.3. The van der Waals surface area contributed by atoms with Crippen LogP contribution in [0.4, 0.5) is 0 Å². The number of thiophene rings is 2. The Morgan fingerprint density at radius 3 is 2.75 bits per heavy atom. The molecule has 0 fully saturated rings. The highest BCUT2D eigenvalue weighted by atomic mass is 32.1. The lowest BCUT2D eigenvalue weighted by atomic mass is 10.0. The third-order valence-corrected chi connectivity index (χ3v) is 4.25. The number of aryl methyl sites for hydroxylation is 1. The van der Waals surface area contributed by atoms with Crippen LogP contribution in [0.25, 0.3) is 0 Å². The van der Waals surface area contributed by atoms with E-state index in [1.807, 2.05) is 11.3 Å². The van der Waals surface area contributed by atoms with Crippen molar-refractivity contribution >= 4 is 22.7 Å². The lowest BCUT2D eigenvalue weighted by molar-refractivity contribution is 0.599. The lowest BCUT2D eigenvalue weighted by Crippen LogP contribution is -2.22. The van der Waals surface area contributed by atoms with Crippen molar-refractivity contribution in [3.8, 4) is 0 Å². The minimum atomic E-state index is 0.373. The predicted octanol–water partition coefficient (Wildman–Crippen LogP) is 4.21. The molecule has 2 aromatic heterocycles. The van der Waals surface area contributed by atoms with Gasteiger partial charge >= 0.3 is 0 Å². The van der Waals surface area contributed by atoms with Crippen LogP contribution in [0.2, 0.25) is 0 Å². The minimum Gasteiger partial charge on any atom is -0.306 e. The van der Waals surface area contributed by atoms with Crippen LogP contribution in [0.3, 0.4) is 0 Å². The zero-order valence-electron chi connectivity index (χ0n) is 9.69. The van der Waals surface area contributed by atoms with Crippen LogP contribution in [-0.4, -0.2) is 6.54 Å². The van der Waals surface area contributed by atoms with Crippen molar-refractivity contribution in [2.24, 2.45) is 0 Å². The van der Waals surface area contributed by atoms with E-state index < -0.39 is 0 Å². The van der Waals surface area contributed by atoms with Gasteiger partial charge in [0.25, 0.3) is 0 Å². The molecule has 2 rings (SSSR count). The Balaban J connectivity index is 2.25. The molecule has 0 aliphatic rings. The van der Waals surface area contributed by atoms with E-state index in [1.165, 1.54) is 22.4 Å². The highest BCUT2D eigenvalue weighted by Gasteiger charge is 2.16. The molecule has 1 atom stereocenters. The first-order chi connectivity index (χ1) is 7.83. The van der Waals surface area contributed by atoms with Crippen LogP contribution in [-0.2, 0) is 0 Å². The van der Waals surface area contributed by atoms with Crippen molar-refractivity contribution in [1.82, 2.24) is 5.32 Å². The fourth-order valence-corrected chi connectivity index (χ4v) is 3.26. The molecule has 0 bridgehead atoms. The topological polar surface area (TPSA) is 12.0 Å². The molecule has 0 saturated carbocycles. The van der Waals surface area contributed by atoms with E-state index in [1.54, 1.807) is 11.3 Å². The van der Waals surface area contributed by atoms with Crippen molar-refractivity contribution in [2.45, 2.75) is 26.3 Å². The Bertz CT molecular complexity index is 417. The molecule has 0 aliphatic carbocycles. The Morgan fingerprint density at radius 1 is 1.31 bits per heavy atom. The van der Waals surface area contributed by atoms with Gasteiger partial charge in [-0.2, -0.15) is 11.3 Å². The lowest BCUT2D eigenvalue weighted by Gasteiger charge is -2.17. The van der Waals surface area contributed by atoms with Gasteiger partial charge in [0.1, 0.15) is 0 Å². The summed E-state index contributed by atoms with van der Waals surface area (Å²) < 4.78 is 0. The Morgan fingerprint density at radius 2 is 2.19 bits per heavy atom. The summed E-state index contributed by atoms with van der Waals surface area (Å²) in [7, 11) is 0. The van der Waals surface area contributed by atoms with Gasteiger partial charge in [-0.15, -0.1) is 11.3 Å². The number of hydrogen-bond acceptors (Lipinski definition) is 3. The maximum Gasteiger partial charge on any atom is 0.0595 e. The van der Waals surface area contributed by atoms with Crippen LogP contribution in [0.5, 0.6) is 0 Å². The molecule has 0 spiro atoms. The van der Waals surface area contributed by atoms with Gasteiger partial charge in [-0.1, -0.05) is 6.92 Å². The number of hydrogen-bond donors (Lipinski definition) is 1. The first kappa shape index (κ1) is 11.8. The smallest absolute Gasteiger partial charge is 0.0595 e. The molecule has 3 heteroatoms. The SMILES string of the molecule is CCCNC(c1ccsc1)c1ccsc1C. The highest BCUT2D eigenvalue weighted by Crippen LogP contribution is 2.29. The van der Waals surface area contributed by atoms with Gasteiger partial charge in [0, 0.05) is 4.88 Å². The maximum absolute atomic E-state index is 3.63. The molecule has 86 valence electrons. The van der Waals surface area contributed by atoms with Gasteiger partial charge in [0.2, 0.25) is 0 Å². The Hall–Kier alpha value is -0.640. The van der Waals surface area contributed by atoms with E-state index >= 15 is 0 Å². The largest absolute Gasteiger partial charge is 0.306 e. The Labute approximate surface area is 105 Å². The van der Waals surface area contributed by atoms with Crippen LogP contribution < -0.4 is 5.32 Å². The van der Waals surface area contributed by atoms with Crippen LogP contribution in [0.1, 0.15) is 35.4 Å². The summed E-state index contributed by atoms with van der Waals surface area (Å²) in [6.45, 7) is 5.47. The van der Waals surface area contributed by atoms with Crippen LogP contribution in [0, 0.1) is 6.92 Å². The molecule has 2 heterocycles. The van der Waals surface area contributed by atoms with Gasteiger partial charge in [-0.05, 0) is 59.3 Å². The number of rotatable bonds is 5.